The summed E-state index contributed by atoms with van der Waals surface area (Å²) in [5.74, 6) is -1.34. The van der Waals surface area contributed by atoms with E-state index in [1.165, 1.54) is 41.0 Å². The predicted octanol–water partition coefficient (Wildman–Crippen LogP) is 2.00. The van der Waals surface area contributed by atoms with Gasteiger partial charge >= 0.3 is 6.09 Å². The summed E-state index contributed by atoms with van der Waals surface area (Å²) in [7, 11) is 0. The zero-order chi connectivity index (χ0) is 24.5. The molecule has 3 N–H and O–H groups in total. The number of hydrogen-bond donors (Lipinski definition) is 3. The SMILES string of the molecule is CC(=O)NCC1CN(c2ccc(-n3cnc(C(=O)Nc4ccc5n[nH]nc5c4)c3)c(F)c2)C(=O)O1. The Kier molecular flexibility index (Phi) is 5.57. The van der Waals surface area contributed by atoms with Gasteiger partial charge in [-0.3, -0.25) is 14.5 Å². The molecule has 1 aliphatic heterocycles. The topological polar surface area (TPSA) is 147 Å². The Hall–Kier alpha value is -4.81. The molecule has 0 aliphatic carbocycles. The van der Waals surface area contributed by atoms with Crippen LogP contribution in [0.5, 0.6) is 0 Å². The summed E-state index contributed by atoms with van der Waals surface area (Å²) in [6, 6.07) is 9.29. The molecule has 12 nitrogen and oxygen atoms in total. The van der Waals surface area contributed by atoms with Gasteiger partial charge in [-0.25, -0.2) is 14.2 Å². The summed E-state index contributed by atoms with van der Waals surface area (Å²) in [5.41, 5.74) is 2.30. The molecule has 1 saturated heterocycles. The van der Waals surface area contributed by atoms with Crippen LogP contribution in [-0.2, 0) is 9.53 Å². The summed E-state index contributed by atoms with van der Waals surface area (Å²) in [6.45, 7) is 1.71. The highest BCUT2D eigenvalue weighted by Gasteiger charge is 2.32. The summed E-state index contributed by atoms with van der Waals surface area (Å²) >= 11 is 0. The van der Waals surface area contributed by atoms with Crippen LogP contribution < -0.4 is 15.5 Å². The summed E-state index contributed by atoms with van der Waals surface area (Å²) < 4.78 is 21.5. The maximum Gasteiger partial charge on any atom is 0.414 e. The number of amides is 3. The first-order chi connectivity index (χ1) is 16.9. The van der Waals surface area contributed by atoms with Crippen LogP contribution in [0, 0.1) is 5.82 Å². The molecule has 35 heavy (non-hydrogen) atoms. The van der Waals surface area contributed by atoms with Crippen molar-refractivity contribution in [3.8, 4) is 5.69 Å². The van der Waals surface area contributed by atoms with Crippen LogP contribution >= 0.6 is 0 Å². The number of aromatic amines is 1. The monoisotopic (exact) mass is 478 g/mol. The average Bonchev–Trinajstić information content (AvgIpc) is 3.57. The van der Waals surface area contributed by atoms with E-state index in [4.69, 9.17) is 4.74 Å². The number of carbonyl (C=O) groups is 3. The molecule has 4 aromatic rings. The van der Waals surface area contributed by atoms with Gasteiger partial charge in [0.15, 0.2) is 0 Å². The van der Waals surface area contributed by atoms with Crippen molar-refractivity contribution in [1.29, 1.82) is 0 Å². The number of ether oxygens (including phenoxy) is 1. The lowest BCUT2D eigenvalue weighted by Crippen LogP contribution is -2.33. The second kappa shape index (κ2) is 8.85. The van der Waals surface area contributed by atoms with Gasteiger partial charge in [0.05, 0.1) is 24.5 Å². The van der Waals surface area contributed by atoms with Crippen molar-refractivity contribution in [3.05, 3.63) is 60.4 Å². The van der Waals surface area contributed by atoms with Gasteiger partial charge in [-0.1, -0.05) is 0 Å². The van der Waals surface area contributed by atoms with Gasteiger partial charge in [0.25, 0.3) is 5.91 Å². The van der Waals surface area contributed by atoms with Crippen molar-refractivity contribution >= 4 is 40.3 Å². The molecule has 0 radical (unpaired) electrons. The first kappa shape index (κ1) is 22.0. The zero-order valence-electron chi connectivity index (χ0n) is 18.4. The molecule has 1 unspecified atom stereocenters. The van der Waals surface area contributed by atoms with E-state index in [0.717, 1.165) is 0 Å². The number of benzene rings is 2. The van der Waals surface area contributed by atoms with E-state index in [0.29, 0.717) is 22.4 Å². The van der Waals surface area contributed by atoms with Crippen molar-refractivity contribution in [1.82, 2.24) is 30.3 Å². The number of nitrogens with one attached hydrogen (secondary N) is 3. The van der Waals surface area contributed by atoms with Gasteiger partial charge in [-0.2, -0.15) is 15.4 Å². The van der Waals surface area contributed by atoms with Crippen LogP contribution in [0.3, 0.4) is 0 Å². The first-order valence-electron chi connectivity index (χ1n) is 10.6. The second-order valence-electron chi connectivity index (χ2n) is 7.84. The van der Waals surface area contributed by atoms with E-state index in [2.05, 4.69) is 31.0 Å². The third-order valence-corrected chi connectivity index (χ3v) is 5.36. The van der Waals surface area contributed by atoms with Crippen molar-refractivity contribution in [2.75, 3.05) is 23.3 Å². The van der Waals surface area contributed by atoms with Gasteiger partial charge in [0.2, 0.25) is 5.91 Å². The number of nitrogens with zero attached hydrogens (tertiary/aromatic N) is 5. The molecule has 1 aliphatic rings. The van der Waals surface area contributed by atoms with Crippen molar-refractivity contribution in [2.24, 2.45) is 0 Å². The van der Waals surface area contributed by atoms with Gasteiger partial charge in [0, 0.05) is 18.8 Å². The molecule has 0 bridgehead atoms. The molecule has 0 saturated carbocycles. The normalized spacial score (nSPS) is 15.3. The van der Waals surface area contributed by atoms with Gasteiger partial charge < -0.3 is 19.9 Å². The number of cyclic esters (lactones) is 1. The molecule has 5 rings (SSSR count). The van der Waals surface area contributed by atoms with Crippen LogP contribution in [0.15, 0.2) is 48.9 Å². The molecule has 2 aromatic heterocycles. The Morgan fingerprint density at radius 1 is 1.20 bits per heavy atom. The van der Waals surface area contributed by atoms with E-state index < -0.39 is 23.9 Å². The lowest BCUT2D eigenvalue weighted by Gasteiger charge is -2.14. The number of anilines is 2. The van der Waals surface area contributed by atoms with Crippen molar-refractivity contribution in [3.63, 3.8) is 0 Å². The number of fused-ring (bicyclic) bond motifs is 1. The Morgan fingerprint density at radius 2 is 2.03 bits per heavy atom. The molecule has 2 aromatic carbocycles. The standard InChI is InChI=1S/C22H19FN8O4/c1-12(32)24-8-15-9-31(22(34)35-15)14-3-5-20(16(23)7-14)30-10-19(25-11-30)21(33)26-13-2-4-17-18(6-13)28-29-27-17/h2-7,10-11,15H,8-9H2,1H3,(H,24,32)(H,26,33)(H,27,28,29). The summed E-state index contributed by atoms with van der Waals surface area (Å²) in [6.07, 6.45) is 1.56. The van der Waals surface area contributed by atoms with Crippen LogP contribution in [-0.4, -0.2) is 62.1 Å². The number of imidazole rings is 1. The Morgan fingerprint density at radius 3 is 2.83 bits per heavy atom. The molecule has 178 valence electrons. The minimum Gasteiger partial charge on any atom is -0.442 e. The van der Waals surface area contributed by atoms with Crippen molar-refractivity contribution in [2.45, 2.75) is 13.0 Å². The van der Waals surface area contributed by atoms with E-state index in [1.807, 2.05) is 0 Å². The largest absolute Gasteiger partial charge is 0.442 e. The summed E-state index contributed by atoms with van der Waals surface area (Å²) in [5, 5.41) is 15.7. The van der Waals surface area contributed by atoms with E-state index in [-0.39, 0.29) is 30.4 Å². The van der Waals surface area contributed by atoms with Crippen LogP contribution in [0.1, 0.15) is 17.4 Å². The van der Waals surface area contributed by atoms with E-state index >= 15 is 0 Å². The number of H-pyrrole nitrogens is 1. The first-order valence-corrected chi connectivity index (χ1v) is 10.6. The van der Waals surface area contributed by atoms with E-state index in [9.17, 15) is 18.8 Å². The molecule has 13 heteroatoms. The van der Waals surface area contributed by atoms with Gasteiger partial charge in [-0.05, 0) is 36.4 Å². The molecular formula is C22H19FN8O4. The quantitative estimate of drug-likeness (QED) is 0.384. The van der Waals surface area contributed by atoms with Crippen molar-refractivity contribution < 1.29 is 23.5 Å². The van der Waals surface area contributed by atoms with Gasteiger partial charge in [0.1, 0.15) is 35.0 Å². The highest BCUT2D eigenvalue weighted by atomic mass is 19.1. The van der Waals surface area contributed by atoms with Crippen LogP contribution in [0.4, 0.5) is 20.6 Å². The molecule has 1 atom stereocenters. The predicted molar refractivity (Wildman–Crippen MR) is 122 cm³/mol. The number of hydrogen-bond acceptors (Lipinski definition) is 7. The number of carbonyl (C=O) groups excluding carboxylic acids is 3. The fraction of sp³-hybridized carbons (Fsp3) is 0.182. The lowest BCUT2D eigenvalue weighted by atomic mass is 10.2. The Bertz CT molecular complexity index is 1450. The smallest absolute Gasteiger partial charge is 0.414 e. The molecule has 3 heterocycles. The maximum absolute atomic E-state index is 14.9. The lowest BCUT2D eigenvalue weighted by molar-refractivity contribution is -0.119. The Labute approximate surface area is 197 Å². The number of halogens is 1. The van der Waals surface area contributed by atoms with Crippen LogP contribution in [0.25, 0.3) is 16.7 Å². The molecule has 0 spiro atoms. The molecule has 1 fully saturated rings. The zero-order valence-corrected chi connectivity index (χ0v) is 18.4. The third-order valence-electron chi connectivity index (χ3n) is 5.36. The molecule has 3 amide bonds. The number of rotatable bonds is 6. The fourth-order valence-electron chi connectivity index (χ4n) is 3.65. The van der Waals surface area contributed by atoms with E-state index in [1.54, 1.807) is 24.3 Å². The number of aromatic nitrogens is 5. The summed E-state index contributed by atoms with van der Waals surface area (Å²) in [4.78, 5) is 41.2. The maximum atomic E-state index is 14.9. The van der Waals surface area contributed by atoms with Gasteiger partial charge in [-0.15, -0.1) is 0 Å². The minimum atomic E-state index is -0.627. The van der Waals surface area contributed by atoms with Crippen LogP contribution in [0.2, 0.25) is 0 Å². The third kappa shape index (κ3) is 4.51. The minimum absolute atomic E-state index is 0.0812. The fourth-order valence-corrected chi connectivity index (χ4v) is 3.65. The average molecular weight is 478 g/mol. The Balaban J connectivity index is 1.28. The second-order valence-corrected chi connectivity index (χ2v) is 7.84. The molecular weight excluding hydrogens is 459 g/mol. The highest BCUT2D eigenvalue weighted by Crippen LogP contribution is 2.26. The highest BCUT2D eigenvalue weighted by molar-refractivity contribution is 6.03.